The predicted molar refractivity (Wildman–Crippen MR) is 79.8 cm³/mol. The number of carbonyl (C=O) groups is 1. The maximum Gasteiger partial charge on any atom is 0.324 e. The largest absolute Gasteiger partial charge is 0.465 e. The Balaban J connectivity index is 2.47. The Kier molecular flexibility index (Phi) is 8.82. The van der Waals surface area contributed by atoms with Crippen LogP contribution in [0, 0.1) is 0 Å². The summed E-state index contributed by atoms with van der Waals surface area (Å²) in [5.74, 6) is -0.139. The van der Waals surface area contributed by atoms with E-state index in [4.69, 9.17) is 9.47 Å². The first kappa shape index (κ1) is 17.4. The molecule has 0 amide bonds. The molecular weight excluding hydrogens is 256 g/mol. The van der Waals surface area contributed by atoms with E-state index in [1.54, 1.807) is 0 Å². The molecule has 1 rings (SSSR count). The highest BCUT2D eigenvalue weighted by Gasteiger charge is 2.26. The van der Waals surface area contributed by atoms with Crippen molar-refractivity contribution in [3.8, 4) is 0 Å². The molecule has 1 saturated heterocycles. The van der Waals surface area contributed by atoms with Gasteiger partial charge in [-0.25, -0.2) is 0 Å². The first-order chi connectivity index (χ1) is 9.71. The van der Waals surface area contributed by atoms with Gasteiger partial charge in [0.15, 0.2) is 0 Å². The molecule has 1 N–H and O–H groups in total. The summed E-state index contributed by atoms with van der Waals surface area (Å²) >= 11 is 0. The smallest absolute Gasteiger partial charge is 0.324 e. The van der Waals surface area contributed by atoms with Crippen molar-refractivity contribution in [3.05, 3.63) is 0 Å². The van der Waals surface area contributed by atoms with Crippen molar-refractivity contribution in [2.24, 2.45) is 0 Å². The summed E-state index contributed by atoms with van der Waals surface area (Å²) in [6, 6.07) is -0.227. The number of likely N-dealkylation sites (tertiary alicyclic amines) is 1. The lowest BCUT2D eigenvalue weighted by Gasteiger charge is -2.34. The highest BCUT2D eigenvalue weighted by molar-refractivity contribution is 5.76. The Labute approximate surface area is 123 Å². The number of hydrogen-bond donors (Lipinski definition) is 1. The van der Waals surface area contributed by atoms with Crippen molar-refractivity contribution in [1.82, 2.24) is 10.2 Å². The molecule has 20 heavy (non-hydrogen) atoms. The molecular formula is C15H30N2O3. The summed E-state index contributed by atoms with van der Waals surface area (Å²) in [5.41, 5.74) is 0. The second-order valence-electron chi connectivity index (χ2n) is 5.24. The van der Waals surface area contributed by atoms with E-state index >= 15 is 0 Å². The normalized spacial score (nSPS) is 21.6. The Hall–Kier alpha value is -0.650. The van der Waals surface area contributed by atoms with E-state index in [1.807, 2.05) is 13.8 Å². The fourth-order valence-electron chi connectivity index (χ4n) is 2.59. The van der Waals surface area contributed by atoms with Gasteiger partial charge in [-0.1, -0.05) is 6.92 Å². The molecule has 0 aromatic rings. The van der Waals surface area contributed by atoms with Gasteiger partial charge in [0.2, 0.25) is 0 Å². The molecule has 0 aromatic carbocycles. The molecule has 0 radical (unpaired) electrons. The Bertz CT molecular complexity index is 272. The molecule has 0 aromatic heterocycles. The first-order valence-corrected chi connectivity index (χ1v) is 7.95. The van der Waals surface area contributed by atoms with Crippen molar-refractivity contribution < 1.29 is 14.3 Å². The SMILES string of the molecule is CCCNC(CN1CCCC(OCC)C1)C(=O)OCC. The zero-order chi connectivity index (χ0) is 14.8. The van der Waals surface area contributed by atoms with Crippen LogP contribution in [0.4, 0.5) is 0 Å². The quantitative estimate of drug-likeness (QED) is 0.650. The van der Waals surface area contributed by atoms with Gasteiger partial charge in [0, 0.05) is 19.7 Å². The van der Waals surface area contributed by atoms with Gasteiger partial charge in [-0.2, -0.15) is 0 Å². The summed E-state index contributed by atoms with van der Waals surface area (Å²) in [5, 5.41) is 3.29. The lowest BCUT2D eigenvalue weighted by atomic mass is 10.1. The molecule has 0 bridgehead atoms. The second kappa shape index (κ2) is 10.1. The summed E-state index contributed by atoms with van der Waals surface area (Å²) in [4.78, 5) is 14.3. The van der Waals surface area contributed by atoms with Gasteiger partial charge in [-0.15, -0.1) is 0 Å². The summed E-state index contributed by atoms with van der Waals surface area (Å²) in [7, 11) is 0. The minimum Gasteiger partial charge on any atom is -0.465 e. The molecule has 5 heteroatoms. The highest BCUT2D eigenvalue weighted by Crippen LogP contribution is 2.13. The minimum atomic E-state index is -0.227. The number of carbonyl (C=O) groups excluding carboxylic acids is 1. The Morgan fingerprint density at radius 1 is 1.35 bits per heavy atom. The molecule has 118 valence electrons. The predicted octanol–water partition coefficient (Wildman–Crippen LogP) is 1.42. The molecule has 0 spiro atoms. The number of ether oxygens (including phenoxy) is 2. The topological polar surface area (TPSA) is 50.8 Å². The molecule has 2 atom stereocenters. The van der Waals surface area contributed by atoms with Crippen LogP contribution in [0.2, 0.25) is 0 Å². The van der Waals surface area contributed by atoms with Gasteiger partial charge in [0.1, 0.15) is 6.04 Å². The van der Waals surface area contributed by atoms with Crippen LogP contribution >= 0.6 is 0 Å². The third-order valence-electron chi connectivity index (χ3n) is 3.52. The molecule has 2 unspecified atom stereocenters. The van der Waals surface area contributed by atoms with Crippen LogP contribution in [0.15, 0.2) is 0 Å². The van der Waals surface area contributed by atoms with Crippen LogP contribution in [-0.2, 0) is 14.3 Å². The average Bonchev–Trinajstić information content (AvgIpc) is 2.44. The van der Waals surface area contributed by atoms with Crippen LogP contribution in [0.25, 0.3) is 0 Å². The molecule has 1 aliphatic rings. The van der Waals surface area contributed by atoms with Crippen LogP contribution in [0.5, 0.6) is 0 Å². The summed E-state index contributed by atoms with van der Waals surface area (Å²) in [6.07, 6.45) is 3.57. The number of esters is 1. The standard InChI is InChI=1S/C15H30N2O3/c1-4-9-16-14(15(18)20-6-3)12-17-10-7-8-13(11-17)19-5-2/h13-14,16H,4-12H2,1-3H3. The van der Waals surface area contributed by atoms with E-state index < -0.39 is 0 Å². The Morgan fingerprint density at radius 2 is 2.15 bits per heavy atom. The van der Waals surface area contributed by atoms with Crippen LogP contribution in [-0.4, -0.2) is 62.4 Å². The number of nitrogens with one attached hydrogen (secondary N) is 1. The van der Waals surface area contributed by atoms with Gasteiger partial charge in [0.25, 0.3) is 0 Å². The zero-order valence-corrected chi connectivity index (χ0v) is 13.2. The van der Waals surface area contributed by atoms with E-state index in [0.29, 0.717) is 19.3 Å². The maximum absolute atomic E-state index is 12.0. The van der Waals surface area contributed by atoms with Crippen LogP contribution in [0.3, 0.4) is 0 Å². The zero-order valence-electron chi connectivity index (χ0n) is 13.2. The van der Waals surface area contributed by atoms with Crippen molar-refractivity contribution in [3.63, 3.8) is 0 Å². The van der Waals surface area contributed by atoms with Crippen molar-refractivity contribution in [1.29, 1.82) is 0 Å². The van der Waals surface area contributed by atoms with Crippen molar-refractivity contribution in [2.75, 3.05) is 39.4 Å². The van der Waals surface area contributed by atoms with Gasteiger partial charge in [-0.3, -0.25) is 9.69 Å². The fraction of sp³-hybridized carbons (Fsp3) is 0.933. The molecule has 0 aliphatic carbocycles. The van der Waals surface area contributed by atoms with Gasteiger partial charge < -0.3 is 14.8 Å². The van der Waals surface area contributed by atoms with Crippen LogP contribution < -0.4 is 5.32 Å². The third-order valence-corrected chi connectivity index (χ3v) is 3.52. The lowest BCUT2D eigenvalue weighted by molar-refractivity contribution is -0.146. The van der Waals surface area contributed by atoms with Crippen molar-refractivity contribution >= 4 is 5.97 Å². The number of nitrogens with zero attached hydrogens (tertiary/aromatic N) is 1. The van der Waals surface area contributed by atoms with Gasteiger partial charge >= 0.3 is 5.97 Å². The number of piperidine rings is 1. The molecule has 1 aliphatic heterocycles. The van der Waals surface area contributed by atoms with E-state index in [2.05, 4.69) is 17.1 Å². The van der Waals surface area contributed by atoms with Gasteiger partial charge in [0.05, 0.1) is 12.7 Å². The van der Waals surface area contributed by atoms with Crippen molar-refractivity contribution in [2.45, 2.75) is 52.2 Å². The molecule has 5 nitrogen and oxygen atoms in total. The molecule has 0 saturated carbocycles. The van der Waals surface area contributed by atoms with E-state index in [-0.39, 0.29) is 12.0 Å². The van der Waals surface area contributed by atoms with E-state index in [0.717, 1.165) is 45.5 Å². The monoisotopic (exact) mass is 286 g/mol. The van der Waals surface area contributed by atoms with Gasteiger partial charge in [-0.05, 0) is 46.2 Å². The number of hydrogen-bond acceptors (Lipinski definition) is 5. The molecule has 1 heterocycles. The fourth-order valence-corrected chi connectivity index (χ4v) is 2.59. The summed E-state index contributed by atoms with van der Waals surface area (Å²) < 4.78 is 10.9. The summed E-state index contributed by atoms with van der Waals surface area (Å²) in [6.45, 7) is 10.7. The lowest BCUT2D eigenvalue weighted by Crippen LogP contribution is -2.50. The Morgan fingerprint density at radius 3 is 2.80 bits per heavy atom. The van der Waals surface area contributed by atoms with E-state index in [9.17, 15) is 4.79 Å². The molecule has 1 fully saturated rings. The third kappa shape index (κ3) is 6.20. The van der Waals surface area contributed by atoms with Crippen LogP contribution in [0.1, 0.15) is 40.0 Å². The van der Waals surface area contributed by atoms with E-state index in [1.165, 1.54) is 0 Å². The highest BCUT2D eigenvalue weighted by atomic mass is 16.5. The second-order valence-corrected chi connectivity index (χ2v) is 5.24. The maximum atomic E-state index is 12.0. The first-order valence-electron chi connectivity index (χ1n) is 7.95. The average molecular weight is 286 g/mol. The minimum absolute atomic E-state index is 0.139. The number of rotatable bonds is 9.